The Balaban J connectivity index is 1.48. The number of nitrogens with zero attached hydrogens (tertiary/aromatic N) is 6. The van der Waals surface area contributed by atoms with E-state index in [-0.39, 0.29) is 0 Å². The smallest absolute Gasteiger partial charge is 0.0544 e. The molecule has 0 aromatic carbocycles. The van der Waals surface area contributed by atoms with Crippen LogP contribution < -0.4 is 0 Å². The third kappa shape index (κ3) is 7.54. The summed E-state index contributed by atoms with van der Waals surface area (Å²) in [7, 11) is 0. The molecule has 6 heteroatoms. The second kappa shape index (κ2) is 12.1. The molecular formula is C28H32N6. The highest BCUT2D eigenvalue weighted by Crippen LogP contribution is 2.11. The van der Waals surface area contributed by atoms with Crippen LogP contribution in [0.25, 0.3) is 0 Å². The predicted molar refractivity (Wildman–Crippen MR) is 135 cm³/mol. The van der Waals surface area contributed by atoms with Crippen molar-refractivity contribution in [2.24, 2.45) is 0 Å². The van der Waals surface area contributed by atoms with Crippen LogP contribution in [0, 0.1) is 13.8 Å². The Morgan fingerprint density at radius 1 is 0.500 bits per heavy atom. The fourth-order valence-electron chi connectivity index (χ4n) is 3.79. The van der Waals surface area contributed by atoms with Crippen LogP contribution in [0.3, 0.4) is 0 Å². The van der Waals surface area contributed by atoms with Crippen LogP contribution >= 0.6 is 0 Å². The van der Waals surface area contributed by atoms with Crippen molar-refractivity contribution in [3.05, 3.63) is 119 Å². The number of pyridine rings is 4. The molecule has 4 aromatic heterocycles. The van der Waals surface area contributed by atoms with Gasteiger partial charge in [-0.15, -0.1) is 0 Å². The number of hydrogen-bond acceptors (Lipinski definition) is 6. The Kier molecular flexibility index (Phi) is 8.43. The third-order valence-electron chi connectivity index (χ3n) is 5.67. The number of hydrogen-bond donors (Lipinski definition) is 0. The standard InChI is InChI=1S/C28H32N6/c1-23-9-11-27(31-17-23)21-33(19-25-7-3-5-13-29-25)15-16-34(20-26-8-4-6-14-30-26)22-28-12-10-24(2)18-32-28/h3-14,17-18H,15-16,19-22H2,1-2H3. The SMILES string of the molecule is Cc1ccc(CN(CCN(Cc2ccccn2)Cc2ccc(C)cn2)Cc2ccccn2)nc1. The van der Waals surface area contributed by atoms with Gasteiger partial charge in [-0.1, -0.05) is 24.3 Å². The Hall–Kier alpha value is -3.48. The molecule has 4 aromatic rings. The zero-order valence-corrected chi connectivity index (χ0v) is 20.0. The van der Waals surface area contributed by atoms with Gasteiger partial charge in [0.15, 0.2) is 0 Å². The van der Waals surface area contributed by atoms with Crippen LogP contribution in [0.2, 0.25) is 0 Å². The quantitative estimate of drug-likeness (QED) is 0.332. The number of aryl methyl sites for hydroxylation is 2. The van der Waals surface area contributed by atoms with E-state index in [1.165, 1.54) is 11.1 Å². The van der Waals surface area contributed by atoms with Crippen LogP contribution in [0.5, 0.6) is 0 Å². The van der Waals surface area contributed by atoms with E-state index >= 15 is 0 Å². The van der Waals surface area contributed by atoms with Crippen molar-refractivity contribution in [3.8, 4) is 0 Å². The van der Waals surface area contributed by atoms with Gasteiger partial charge < -0.3 is 0 Å². The van der Waals surface area contributed by atoms with Crippen molar-refractivity contribution < 1.29 is 0 Å². The van der Waals surface area contributed by atoms with E-state index in [1.807, 2.05) is 49.1 Å². The summed E-state index contributed by atoms with van der Waals surface area (Å²) in [5.74, 6) is 0. The topological polar surface area (TPSA) is 58.0 Å². The first-order chi connectivity index (χ1) is 16.6. The third-order valence-corrected chi connectivity index (χ3v) is 5.67. The largest absolute Gasteiger partial charge is 0.290 e. The fourth-order valence-corrected chi connectivity index (χ4v) is 3.79. The second-order valence-corrected chi connectivity index (χ2v) is 8.72. The first-order valence-corrected chi connectivity index (χ1v) is 11.7. The minimum absolute atomic E-state index is 0.774. The van der Waals surface area contributed by atoms with Gasteiger partial charge in [0.05, 0.1) is 22.8 Å². The molecule has 4 rings (SSSR count). The Bertz CT molecular complexity index is 1020. The highest BCUT2D eigenvalue weighted by molar-refractivity contribution is 5.14. The molecule has 0 aliphatic heterocycles. The molecule has 174 valence electrons. The highest BCUT2D eigenvalue weighted by atomic mass is 15.2. The Labute approximate surface area is 202 Å². The lowest BCUT2D eigenvalue weighted by molar-refractivity contribution is 0.178. The van der Waals surface area contributed by atoms with E-state index in [9.17, 15) is 0 Å². The van der Waals surface area contributed by atoms with Gasteiger partial charge in [0.1, 0.15) is 0 Å². The Morgan fingerprint density at radius 2 is 0.912 bits per heavy atom. The van der Waals surface area contributed by atoms with Gasteiger partial charge in [-0.05, 0) is 61.4 Å². The van der Waals surface area contributed by atoms with E-state index in [1.54, 1.807) is 0 Å². The Morgan fingerprint density at radius 3 is 1.24 bits per heavy atom. The summed E-state index contributed by atoms with van der Waals surface area (Å²) in [6, 6.07) is 20.6. The molecule has 0 radical (unpaired) electrons. The molecule has 0 N–H and O–H groups in total. The lowest BCUT2D eigenvalue weighted by Gasteiger charge is -2.27. The molecule has 0 unspecified atom stereocenters. The van der Waals surface area contributed by atoms with E-state index in [0.29, 0.717) is 0 Å². The zero-order chi connectivity index (χ0) is 23.6. The van der Waals surface area contributed by atoms with E-state index in [4.69, 9.17) is 0 Å². The molecule has 0 aliphatic carbocycles. The lowest BCUT2D eigenvalue weighted by Crippen LogP contribution is -2.35. The van der Waals surface area contributed by atoms with E-state index in [2.05, 4.69) is 80.0 Å². The first kappa shape index (κ1) is 23.7. The van der Waals surface area contributed by atoms with Crippen molar-refractivity contribution in [2.45, 2.75) is 40.0 Å². The van der Waals surface area contributed by atoms with Crippen molar-refractivity contribution >= 4 is 0 Å². The molecule has 0 bridgehead atoms. The molecule has 0 saturated carbocycles. The van der Waals surface area contributed by atoms with Crippen molar-refractivity contribution in [1.82, 2.24) is 29.7 Å². The maximum atomic E-state index is 4.63. The first-order valence-electron chi connectivity index (χ1n) is 11.7. The van der Waals surface area contributed by atoms with Gasteiger partial charge in [0, 0.05) is 64.1 Å². The minimum Gasteiger partial charge on any atom is -0.290 e. The molecule has 6 nitrogen and oxygen atoms in total. The second-order valence-electron chi connectivity index (χ2n) is 8.72. The maximum absolute atomic E-state index is 4.63. The minimum atomic E-state index is 0.774. The van der Waals surface area contributed by atoms with Gasteiger partial charge >= 0.3 is 0 Å². The molecule has 0 fully saturated rings. The molecular weight excluding hydrogens is 420 g/mol. The average Bonchev–Trinajstić information content (AvgIpc) is 2.86. The summed E-state index contributed by atoms with van der Waals surface area (Å²) in [6.45, 7) is 8.99. The molecule has 34 heavy (non-hydrogen) atoms. The summed E-state index contributed by atoms with van der Waals surface area (Å²) >= 11 is 0. The highest BCUT2D eigenvalue weighted by Gasteiger charge is 2.14. The summed E-state index contributed by atoms with van der Waals surface area (Å²) in [5, 5.41) is 0. The van der Waals surface area contributed by atoms with E-state index < -0.39 is 0 Å². The summed E-state index contributed by atoms with van der Waals surface area (Å²) < 4.78 is 0. The molecule has 0 atom stereocenters. The number of aromatic nitrogens is 4. The van der Waals surface area contributed by atoms with Crippen LogP contribution in [-0.4, -0.2) is 42.8 Å². The van der Waals surface area contributed by atoms with Gasteiger partial charge in [0.25, 0.3) is 0 Å². The molecule has 0 saturated heterocycles. The predicted octanol–water partition coefficient (Wildman–Crippen LogP) is 4.59. The molecule has 0 amide bonds. The molecule has 4 heterocycles. The zero-order valence-electron chi connectivity index (χ0n) is 20.0. The van der Waals surface area contributed by atoms with E-state index in [0.717, 1.165) is 62.0 Å². The van der Waals surface area contributed by atoms with Crippen molar-refractivity contribution in [3.63, 3.8) is 0 Å². The number of rotatable bonds is 11. The average molecular weight is 453 g/mol. The lowest BCUT2D eigenvalue weighted by atomic mass is 10.2. The monoisotopic (exact) mass is 452 g/mol. The summed E-state index contributed by atoms with van der Waals surface area (Å²) in [6.07, 6.45) is 7.58. The van der Waals surface area contributed by atoms with Gasteiger partial charge in [-0.3, -0.25) is 29.7 Å². The van der Waals surface area contributed by atoms with Gasteiger partial charge in [-0.2, -0.15) is 0 Å². The van der Waals surface area contributed by atoms with Crippen LogP contribution in [-0.2, 0) is 26.2 Å². The van der Waals surface area contributed by atoms with Crippen molar-refractivity contribution in [2.75, 3.05) is 13.1 Å². The molecule has 0 aliphatic rings. The van der Waals surface area contributed by atoms with Crippen LogP contribution in [0.4, 0.5) is 0 Å². The maximum Gasteiger partial charge on any atom is 0.0544 e. The van der Waals surface area contributed by atoms with Gasteiger partial charge in [0.2, 0.25) is 0 Å². The van der Waals surface area contributed by atoms with Crippen LogP contribution in [0.15, 0.2) is 85.5 Å². The fraction of sp³-hybridized carbons (Fsp3) is 0.286. The normalized spacial score (nSPS) is 11.3. The molecule has 0 spiro atoms. The summed E-state index contributed by atoms with van der Waals surface area (Å²) in [5.41, 5.74) is 6.60. The summed E-state index contributed by atoms with van der Waals surface area (Å²) in [4.78, 5) is 23.2. The van der Waals surface area contributed by atoms with Gasteiger partial charge in [-0.25, -0.2) is 0 Å². The van der Waals surface area contributed by atoms with Crippen LogP contribution in [0.1, 0.15) is 33.9 Å². The van der Waals surface area contributed by atoms with Crippen molar-refractivity contribution in [1.29, 1.82) is 0 Å².